The van der Waals surface area contributed by atoms with Crippen molar-refractivity contribution in [3.63, 3.8) is 0 Å². The Bertz CT molecular complexity index is 775. The molecular formula is C17H16N2O5S. The van der Waals surface area contributed by atoms with Gasteiger partial charge in [-0.15, -0.1) is 11.8 Å². The second-order valence-electron chi connectivity index (χ2n) is 5.07. The number of hydrogen-bond donors (Lipinski definition) is 1. The number of benzene rings is 2. The zero-order chi connectivity index (χ0) is 18.4. The molecule has 130 valence electrons. The van der Waals surface area contributed by atoms with Gasteiger partial charge in [-0.2, -0.15) is 0 Å². The van der Waals surface area contributed by atoms with Crippen molar-refractivity contribution in [2.24, 2.45) is 0 Å². The highest BCUT2D eigenvalue weighted by Crippen LogP contribution is 2.26. The highest BCUT2D eigenvalue weighted by Gasteiger charge is 2.16. The Balaban J connectivity index is 1.95. The highest BCUT2D eigenvalue weighted by atomic mass is 32.2. The summed E-state index contributed by atoms with van der Waals surface area (Å²) in [4.78, 5) is 34.5. The zero-order valence-electron chi connectivity index (χ0n) is 13.6. The maximum atomic E-state index is 12.2. The average molecular weight is 360 g/mol. The molecule has 0 aromatic heterocycles. The molecule has 1 amide bonds. The molecule has 0 heterocycles. The summed E-state index contributed by atoms with van der Waals surface area (Å²) >= 11 is 1.29. The third kappa shape index (κ3) is 5.05. The van der Waals surface area contributed by atoms with Crippen LogP contribution in [0.4, 0.5) is 11.4 Å². The van der Waals surface area contributed by atoms with E-state index in [2.05, 4.69) is 10.1 Å². The van der Waals surface area contributed by atoms with E-state index >= 15 is 0 Å². The second kappa shape index (κ2) is 8.29. The predicted octanol–water partition coefficient (Wildman–Crippen LogP) is 3.50. The summed E-state index contributed by atoms with van der Waals surface area (Å²) < 4.78 is 4.61. The van der Waals surface area contributed by atoms with Crippen LogP contribution in [0.2, 0.25) is 0 Å². The molecule has 0 aliphatic heterocycles. The lowest BCUT2D eigenvalue weighted by Crippen LogP contribution is -2.22. The lowest BCUT2D eigenvalue weighted by atomic mass is 10.2. The van der Waals surface area contributed by atoms with Crippen LogP contribution in [0, 0.1) is 10.1 Å². The SMILES string of the molecule is COC(=O)c1ccc(NC(=O)[C@H](C)Sc2ccc([N+](=O)[O-])cc2)cc1. The van der Waals surface area contributed by atoms with Gasteiger partial charge in [0.1, 0.15) is 0 Å². The minimum absolute atomic E-state index is 0.00662. The molecule has 7 nitrogen and oxygen atoms in total. The molecule has 2 rings (SSSR count). The number of non-ortho nitro benzene ring substituents is 1. The van der Waals surface area contributed by atoms with Crippen molar-refractivity contribution in [1.82, 2.24) is 0 Å². The normalized spacial score (nSPS) is 11.4. The van der Waals surface area contributed by atoms with E-state index in [-0.39, 0.29) is 11.6 Å². The maximum Gasteiger partial charge on any atom is 0.337 e. The number of methoxy groups -OCH3 is 1. The summed E-state index contributed by atoms with van der Waals surface area (Å²) in [5.41, 5.74) is 0.967. The fraction of sp³-hybridized carbons (Fsp3) is 0.176. The largest absolute Gasteiger partial charge is 0.465 e. The quantitative estimate of drug-likeness (QED) is 0.366. The number of carbonyl (C=O) groups is 2. The van der Waals surface area contributed by atoms with Crippen LogP contribution in [-0.2, 0) is 9.53 Å². The van der Waals surface area contributed by atoms with Gasteiger partial charge in [-0.25, -0.2) is 4.79 Å². The van der Waals surface area contributed by atoms with Crippen LogP contribution in [0.5, 0.6) is 0 Å². The Morgan fingerprint density at radius 1 is 1.12 bits per heavy atom. The molecule has 0 unspecified atom stereocenters. The Labute approximate surface area is 148 Å². The van der Waals surface area contributed by atoms with E-state index in [1.807, 2.05) is 0 Å². The molecule has 1 atom stereocenters. The first kappa shape index (κ1) is 18.5. The van der Waals surface area contributed by atoms with Crippen LogP contribution in [0.25, 0.3) is 0 Å². The minimum Gasteiger partial charge on any atom is -0.465 e. The fourth-order valence-electron chi connectivity index (χ4n) is 1.96. The molecule has 2 aromatic carbocycles. The summed E-state index contributed by atoms with van der Waals surface area (Å²) in [7, 11) is 1.30. The molecule has 1 N–H and O–H groups in total. The molecule has 2 aromatic rings. The molecule has 0 fully saturated rings. The van der Waals surface area contributed by atoms with Crippen molar-refractivity contribution >= 4 is 35.0 Å². The van der Waals surface area contributed by atoms with E-state index < -0.39 is 16.1 Å². The molecule has 0 bridgehead atoms. The molecule has 25 heavy (non-hydrogen) atoms. The molecule has 8 heteroatoms. The van der Waals surface area contributed by atoms with Gasteiger partial charge >= 0.3 is 5.97 Å². The minimum atomic E-state index is -0.470. The van der Waals surface area contributed by atoms with E-state index in [1.54, 1.807) is 43.3 Å². The van der Waals surface area contributed by atoms with Gasteiger partial charge in [0.2, 0.25) is 5.91 Å². The van der Waals surface area contributed by atoms with Crippen molar-refractivity contribution in [1.29, 1.82) is 0 Å². The third-order valence-corrected chi connectivity index (χ3v) is 4.42. The molecule has 0 saturated heterocycles. The first-order valence-electron chi connectivity index (χ1n) is 7.31. The molecular weight excluding hydrogens is 344 g/mol. The number of carbonyl (C=O) groups excluding carboxylic acids is 2. The van der Waals surface area contributed by atoms with Gasteiger partial charge in [0, 0.05) is 22.7 Å². The Hall–Kier alpha value is -2.87. The number of rotatable bonds is 6. The Morgan fingerprint density at radius 2 is 1.72 bits per heavy atom. The first-order chi connectivity index (χ1) is 11.9. The Morgan fingerprint density at radius 3 is 2.24 bits per heavy atom. The van der Waals surface area contributed by atoms with E-state index in [1.165, 1.54) is 31.0 Å². The number of ether oxygens (including phenoxy) is 1. The third-order valence-electron chi connectivity index (χ3n) is 3.30. The monoisotopic (exact) mass is 360 g/mol. The topological polar surface area (TPSA) is 98.5 Å². The van der Waals surface area contributed by atoms with Crippen LogP contribution in [-0.4, -0.2) is 29.2 Å². The second-order valence-corrected chi connectivity index (χ2v) is 6.48. The number of amides is 1. The number of nitro benzene ring substituents is 1. The van der Waals surface area contributed by atoms with Gasteiger partial charge in [0.05, 0.1) is 22.8 Å². The maximum absolute atomic E-state index is 12.2. The van der Waals surface area contributed by atoms with Gasteiger partial charge in [0.15, 0.2) is 0 Å². The number of nitro groups is 1. The lowest BCUT2D eigenvalue weighted by Gasteiger charge is -2.12. The summed E-state index contributed by atoms with van der Waals surface area (Å²) in [5.74, 6) is -0.658. The van der Waals surface area contributed by atoms with Crippen LogP contribution < -0.4 is 5.32 Å². The van der Waals surface area contributed by atoms with Crippen molar-refractivity contribution in [3.05, 3.63) is 64.2 Å². The van der Waals surface area contributed by atoms with Crippen LogP contribution in [0.3, 0.4) is 0 Å². The van der Waals surface area contributed by atoms with Gasteiger partial charge in [0.25, 0.3) is 5.69 Å². The van der Waals surface area contributed by atoms with Crippen LogP contribution in [0.1, 0.15) is 17.3 Å². The van der Waals surface area contributed by atoms with E-state index in [0.29, 0.717) is 11.3 Å². The first-order valence-corrected chi connectivity index (χ1v) is 8.19. The highest BCUT2D eigenvalue weighted by molar-refractivity contribution is 8.00. The average Bonchev–Trinajstić information content (AvgIpc) is 2.62. The molecule has 0 saturated carbocycles. The number of esters is 1. The van der Waals surface area contributed by atoms with Crippen molar-refractivity contribution < 1.29 is 19.2 Å². The molecule has 0 radical (unpaired) electrons. The summed E-state index contributed by atoms with van der Waals surface area (Å²) in [6.45, 7) is 1.74. The Kier molecular flexibility index (Phi) is 6.13. The summed E-state index contributed by atoms with van der Waals surface area (Å²) in [6, 6.07) is 12.4. The summed E-state index contributed by atoms with van der Waals surface area (Å²) in [6.07, 6.45) is 0. The fourth-order valence-corrected chi connectivity index (χ4v) is 2.82. The van der Waals surface area contributed by atoms with Gasteiger partial charge in [-0.1, -0.05) is 0 Å². The van der Waals surface area contributed by atoms with Crippen LogP contribution >= 0.6 is 11.8 Å². The predicted molar refractivity (Wildman–Crippen MR) is 94.8 cm³/mol. The lowest BCUT2D eigenvalue weighted by molar-refractivity contribution is -0.384. The smallest absolute Gasteiger partial charge is 0.337 e. The number of thioether (sulfide) groups is 1. The van der Waals surface area contributed by atoms with Gasteiger partial charge in [-0.05, 0) is 43.3 Å². The van der Waals surface area contributed by atoms with E-state index in [9.17, 15) is 19.7 Å². The van der Waals surface area contributed by atoms with E-state index in [4.69, 9.17) is 0 Å². The number of anilines is 1. The number of nitrogens with zero attached hydrogens (tertiary/aromatic N) is 1. The van der Waals surface area contributed by atoms with Crippen molar-refractivity contribution in [2.45, 2.75) is 17.1 Å². The van der Waals surface area contributed by atoms with Crippen LogP contribution in [0.15, 0.2) is 53.4 Å². The van der Waals surface area contributed by atoms with Gasteiger partial charge < -0.3 is 10.1 Å². The standard InChI is InChI=1S/C17H16N2O5S/c1-11(25-15-9-7-14(8-10-15)19(22)23)16(20)18-13-5-3-12(4-6-13)17(21)24-2/h3-11H,1-2H3,(H,18,20)/t11-/m0/s1. The van der Waals surface area contributed by atoms with Crippen molar-refractivity contribution in [3.8, 4) is 0 Å². The van der Waals surface area contributed by atoms with E-state index in [0.717, 1.165) is 4.90 Å². The number of nitrogens with one attached hydrogen (secondary N) is 1. The molecule has 0 aliphatic rings. The van der Waals surface area contributed by atoms with Crippen molar-refractivity contribution in [2.75, 3.05) is 12.4 Å². The van der Waals surface area contributed by atoms with Gasteiger partial charge in [-0.3, -0.25) is 14.9 Å². The summed E-state index contributed by atoms with van der Waals surface area (Å²) in [5, 5.41) is 13.0. The zero-order valence-corrected chi connectivity index (χ0v) is 14.4. The molecule has 0 spiro atoms. The molecule has 0 aliphatic carbocycles. The number of hydrogen-bond acceptors (Lipinski definition) is 6.